The fourth-order valence-corrected chi connectivity index (χ4v) is 2.64. The highest BCUT2D eigenvalue weighted by molar-refractivity contribution is 5.81. The Balaban J connectivity index is 2.63. The number of nitrogens with zero attached hydrogens (tertiary/aromatic N) is 3. The summed E-state index contributed by atoms with van der Waals surface area (Å²) in [4.78, 5) is 20.7. The second-order valence-electron chi connectivity index (χ2n) is 6.70. The van der Waals surface area contributed by atoms with E-state index in [1.807, 2.05) is 64.0 Å². The van der Waals surface area contributed by atoms with Gasteiger partial charge in [0.15, 0.2) is 5.96 Å². The Hall–Kier alpha value is -2.28. The molecule has 0 saturated carbocycles. The molecule has 0 aromatic heterocycles. The van der Waals surface area contributed by atoms with Crippen LogP contribution in [-0.2, 0) is 11.3 Å². The number of carbonyl (C=O) groups excluding carboxylic acids is 1. The lowest BCUT2D eigenvalue weighted by molar-refractivity contribution is -0.130. The predicted molar refractivity (Wildman–Crippen MR) is 116 cm³/mol. The second kappa shape index (κ2) is 13.8. The first-order valence-corrected chi connectivity index (χ1v) is 10.2. The van der Waals surface area contributed by atoms with Crippen molar-refractivity contribution in [1.82, 2.24) is 20.4 Å². The van der Waals surface area contributed by atoms with Gasteiger partial charge in [0.2, 0.25) is 5.91 Å². The molecule has 7 heteroatoms. The van der Waals surface area contributed by atoms with Crippen LogP contribution in [0, 0.1) is 0 Å². The molecule has 1 aromatic carbocycles. The summed E-state index contributed by atoms with van der Waals surface area (Å²) in [5.41, 5.74) is 1.04. The van der Waals surface area contributed by atoms with Crippen LogP contribution in [0.4, 0.5) is 0 Å². The average molecular weight is 392 g/mol. The molecule has 0 fully saturated rings. The quantitative estimate of drug-likeness (QED) is 0.421. The second-order valence-corrected chi connectivity index (χ2v) is 6.70. The maximum Gasteiger partial charge on any atom is 0.224 e. The molecule has 1 amide bonds. The summed E-state index contributed by atoms with van der Waals surface area (Å²) < 4.78 is 5.90. The van der Waals surface area contributed by atoms with Crippen LogP contribution in [0.1, 0.15) is 32.8 Å². The van der Waals surface area contributed by atoms with E-state index in [4.69, 9.17) is 4.74 Å². The molecule has 0 heterocycles. The zero-order valence-corrected chi connectivity index (χ0v) is 18.1. The van der Waals surface area contributed by atoms with Crippen LogP contribution in [0.3, 0.4) is 0 Å². The van der Waals surface area contributed by atoms with Gasteiger partial charge in [-0.25, -0.2) is 4.99 Å². The smallest absolute Gasteiger partial charge is 0.224 e. The van der Waals surface area contributed by atoms with Crippen LogP contribution in [0.2, 0.25) is 0 Å². The molecule has 7 nitrogen and oxygen atoms in total. The minimum absolute atomic E-state index is 0.160. The standard InChI is InChI=1S/C21H37N5O2/c1-6-22-21(23-14-13-20(27)26(7-2)8-3)24-17-18-11-9-10-12-19(18)28-16-15-25(4)5/h9-12H,6-8,13-17H2,1-5H3,(H2,22,23,24). The minimum atomic E-state index is 0.160. The molecule has 0 atom stereocenters. The number of likely N-dealkylation sites (N-methyl/N-ethyl adjacent to an activating group) is 1. The zero-order valence-electron chi connectivity index (χ0n) is 18.1. The lowest BCUT2D eigenvalue weighted by Gasteiger charge is -2.19. The number of hydrogen-bond donors (Lipinski definition) is 2. The van der Waals surface area contributed by atoms with Gasteiger partial charge in [0.1, 0.15) is 12.4 Å². The molecule has 0 aliphatic heterocycles. The van der Waals surface area contributed by atoms with Gasteiger partial charge in [0.25, 0.3) is 0 Å². The summed E-state index contributed by atoms with van der Waals surface area (Å²) >= 11 is 0. The van der Waals surface area contributed by atoms with E-state index < -0.39 is 0 Å². The predicted octanol–water partition coefficient (Wildman–Crippen LogP) is 1.94. The molecule has 1 rings (SSSR count). The Morgan fingerprint density at radius 2 is 1.82 bits per heavy atom. The van der Waals surface area contributed by atoms with E-state index in [1.165, 1.54) is 0 Å². The lowest BCUT2D eigenvalue weighted by atomic mass is 10.2. The summed E-state index contributed by atoms with van der Waals surface area (Å²) in [6, 6.07) is 7.97. The lowest BCUT2D eigenvalue weighted by Crippen LogP contribution is -2.40. The van der Waals surface area contributed by atoms with Gasteiger partial charge in [-0.15, -0.1) is 0 Å². The van der Waals surface area contributed by atoms with E-state index >= 15 is 0 Å². The number of guanidine groups is 1. The maximum absolute atomic E-state index is 12.1. The number of para-hydroxylation sites is 1. The van der Waals surface area contributed by atoms with Gasteiger partial charge in [0.05, 0.1) is 6.54 Å². The number of aliphatic imine (C=N–C) groups is 1. The molecular formula is C21H37N5O2. The third kappa shape index (κ3) is 9.08. The number of nitrogens with one attached hydrogen (secondary N) is 2. The Bertz CT molecular complexity index is 600. The van der Waals surface area contributed by atoms with Gasteiger partial charge in [-0.2, -0.15) is 0 Å². The van der Waals surface area contributed by atoms with Gasteiger partial charge in [-0.05, 0) is 40.9 Å². The van der Waals surface area contributed by atoms with Crippen LogP contribution < -0.4 is 15.4 Å². The fraction of sp³-hybridized carbons (Fsp3) is 0.619. The molecule has 0 saturated heterocycles. The maximum atomic E-state index is 12.1. The first-order valence-electron chi connectivity index (χ1n) is 10.2. The van der Waals surface area contributed by atoms with Crippen molar-refractivity contribution in [2.45, 2.75) is 33.7 Å². The number of benzene rings is 1. The Morgan fingerprint density at radius 3 is 2.46 bits per heavy atom. The SMILES string of the molecule is CCNC(=NCc1ccccc1OCCN(C)C)NCCC(=O)N(CC)CC. The molecule has 0 spiro atoms. The number of rotatable bonds is 12. The summed E-state index contributed by atoms with van der Waals surface area (Å²) in [6.45, 7) is 10.8. The van der Waals surface area contributed by atoms with Crippen LogP contribution >= 0.6 is 0 Å². The van der Waals surface area contributed by atoms with Crippen LogP contribution in [0.25, 0.3) is 0 Å². The third-order valence-electron chi connectivity index (χ3n) is 4.27. The summed E-state index contributed by atoms with van der Waals surface area (Å²) in [5, 5.41) is 6.47. The Kier molecular flexibility index (Phi) is 11.7. The van der Waals surface area contributed by atoms with Crippen molar-refractivity contribution >= 4 is 11.9 Å². The summed E-state index contributed by atoms with van der Waals surface area (Å²) in [6.07, 6.45) is 0.455. The normalized spacial score (nSPS) is 11.4. The monoisotopic (exact) mass is 391 g/mol. The summed E-state index contributed by atoms with van der Waals surface area (Å²) in [7, 11) is 4.05. The van der Waals surface area contributed by atoms with E-state index in [0.717, 1.165) is 37.5 Å². The van der Waals surface area contributed by atoms with Crippen LogP contribution in [0.15, 0.2) is 29.3 Å². The summed E-state index contributed by atoms with van der Waals surface area (Å²) in [5.74, 6) is 1.73. The van der Waals surface area contributed by atoms with E-state index in [9.17, 15) is 4.79 Å². The molecule has 0 unspecified atom stereocenters. The topological polar surface area (TPSA) is 69.2 Å². The van der Waals surface area contributed by atoms with Gasteiger partial charge < -0.3 is 25.2 Å². The zero-order chi connectivity index (χ0) is 20.8. The fourth-order valence-electron chi connectivity index (χ4n) is 2.64. The van der Waals surface area contributed by atoms with Gasteiger partial charge in [-0.1, -0.05) is 18.2 Å². The van der Waals surface area contributed by atoms with Crippen molar-refractivity contribution in [2.75, 3.05) is 53.4 Å². The van der Waals surface area contributed by atoms with Crippen molar-refractivity contribution in [3.05, 3.63) is 29.8 Å². The third-order valence-corrected chi connectivity index (χ3v) is 4.27. The largest absolute Gasteiger partial charge is 0.492 e. The van der Waals surface area contributed by atoms with Gasteiger partial charge >= 0.3 is 0 Å². The Labute approximate surface area is 170 Å². The van der Waals surface area contributed by atoms with Crippen molar-refractivity contribution in [2.24, 2.45) is 4.99 Å². The molecular weight excluding hydrogens is 354 g/mol. The van der Waals surface area contributed by atoms with Gasteiger partial charge in [0, 0.05) is 44.7 Å². The number of amides is 1. The molecule has 1 aromatic rings. The highest BCUT2D eigenvalue weighted by atomic mass is 16.5. The highest BCUT2D eigenvalue weighted by Gasteiger charge is 2.09. The minimum Gasteiger partial charge on any atom is -0.492 e. The Morgan fingerprint density at radius 1 is 1.11 bits per heavy atom. The molecule has 0 aliphatic rings. The van der Waals surface area contributed by atoms with E-state index in [-0.39, 0.29) is 5.91 Å². The highest BCUT2D eigenvalue weighted by Crippen LogP contribution is 2.18. The van der Waals surface area contributed by atoms with Crippen molar-refractivity contribution in [3.8, 4) is 5.75 Å². The first-order chi connectivity index (χ1) is 13.5. The number of hydrogen-bond acceptors (Lipinski definition) is 4. The molecule has 0 radical (unpaired) electrons. The number of ether oxygens (including phenoxy) is 1. The van der Waals surface area contributed by atoms with E-state index in [1.54, 1.807) is 0 Å². The molecule has 158 valence electrons. The van der Waals surface area contributed by atoms with Gasteiger partial charge in [-0.3, -0.25) is 4.79 Å². The van der Waals surface area contributed by atoms with Crippen LogP contribution in [0.5, 0.6) is 5.75 Å². The van der Waals surface area contributed by atoms with Crippen LogP contribution in [-0.4, -0.2) is 75.1 Å². The average Bonchev–Trinajstić information content (AvgIpc) is 2.67. The molecule has 28 heavy (non-hydrogen) atoms. The molecule has 2 N–H and O–H groups in total. The van der Waals surface area contributed by atoms with Crippen molar-refractivity contribution < 1.29 is 9.53 Å². The van der Waals surface area contributed by atoms with Crippen molar-refractivity contribution in [3.63, 3.8) is 0 Å². The van der Waals surface area contributed by atoms with E-state index in [2.05, 4.69) is 20.5 Å². The van der Waals surface area contributed by atoms with E-state index in [0.29, 0.717) is 32.1 Å². The molecule has 0 bridgehead atoms. The molecule has 0 aliphatic carbocycles. The first kappa shape index (κ1) is 23.8. The van der Waals surface area contributed by atoms with Crippen molar-refractivity contribution in [1.29, 1.82) is 0 Å². The number of carbonyl (C=O) groups is 1.